The predicted molar refractivity (Wildman–Crippen MR) is 127 cm³/mol. The highest BCUT2D eigenvalue weighted by Gasteiger charge is 2.34. The number of amides is 1. The predicted octanol–water partition coefficient (Wildman–Crippen LogP) is 4.56. The Morgan fingerprint density at radius 3 is 2.50 bits per heavy atom. The number of rotatable bonds is 8. The Bertz CT molecular complexity index is 1050. The van der Waals surface area contributed by atoms with E-state index in [-0.39, 0.29) is 11.5 Å². The Labute approximate surface area is 193 Å². The third-order valence-electron chi connectivity index (χ3n) is 5.63. The molecule has 0 spiro atoms. The van der Waals surface area contributed by atoms with Crippen molar-refractivity contribution in [1.82, 2.24) is 9.80 Å². The van der Waals surface area contributed by atoms with Crippen LogP contribution in [0.3, 0.4) is 0 Å². The third kappa shape index (κ3) is 5.56. The van der Waals surface area contributed by atoms with E-state index in [0.29, 0.717) is 36.7 Å². The Hall–Kier alpha value is -3.12. The quantitative estimate of drug-likeness (QED) is 0.635. The van der Waals surface area contributed by atoms with Gasteiger partial charge in [0, 0.05) is 25.2 Å². The Kier molecular flexibility index (Phi) is 7.70. The van der Waals surface area contributed by atoms with Gasteiger partial charge in [-0.2, -0.15) is 0 Å². The zero-order valence-corrected chi connectivity index (χ0v) is 19.3. The van der Waals surface area contributed by atoms with Crippen molar-refractivity contribution in [2.75, 3.05) is 20.1 Å². The number of amidine groups is 1. The molecular formula is C25H28ClN3O3. The molecule has 0 aromatic heterocycles. The molecule has 1 unspecified atom stereocenters. The van der Waals surface area contributed by atoms with Gasteiger partial charge >= 0.3 is 5.97 Å². The fourth-order valence-corrected chi connectivity index (χ4v) is 4.20. The first-order valence-electron chi connectivity index (χ1n) is 10.6. The van der Waals surface area contributed by atoms with Crippen molar-refractivity contribution >= 4 is 29.3 Å². The lowest BCUT2D eigenvalue weighted by molar-refractivity contribution is -0.133. The molecule has 1 atom stereocenters. The van der Waals surface area contributed by atoms with Crippen molar-refractivity contribution in [2.24, 2.45) is 4.99 Å². The van der Waals surface area contributed by atoms with Crippen LogP contribution in [-0.4, -0.2) is 52.8 Å². The van der Waals surface area contributed by atoms with Crippen LogP contribution in [0, 0.1) is 0 Å². The molecule has 168 valence electrons. The van der Waals surface area contributed by atoms with Gasteiger partial charge in [0.05, 0.1) is 23.7 Å². The first kappa shape index (κ1) is 23.5. The van der Waals surface area contributed by atoms with E-state index < -0.39 is 12.0 Å². The van der Waals surface area contributed by atoms with E-state index in [9.17, 15) is 14.7 Å². The maximum atomic E-state index is 12.6. The number of halogens is 1. The van der Waals surface area contributed by atoms with Crippen LogP contribution in [0.15, 0.2) is 70.9 Å². The van der Waals surface area contributed by atoms with Crippen LogP contribution in [0.2, 0.25) is 5.02 Å². The molecule has 1 amide bonds. The average Bonchev–Trinajstić information content (AvgIpc) is 2.75. The summed E-state index contributed by atoms with van der Waals surface area (Å²) in [6, 6.07) is 16.4. The number of hydrogen-bond donors (Lipinski definition) is 1. The molecule has 7 heteroatoms. The molecule has 0 radical (unpaired) electrons. The molecule has 0 saturated heterocycles. The highest BCUT2D eigenvalue weighted by Crippen LogP contribution is 2.36. The number of aliphatic imine (C=N–C) groups is 1. The maximum absolute atomic E-state index is 12.6. The number of aliphatic carboxylic acids is 1. The lowest BCUT2D eigenvalue weighted by Gasteiger charge is -2.37. The molecule has 0 aliphatic carbocycles. The molecule has 0 bridgehead atoms. The maximum Gasteiger partial charge on any atom is 0.335 e. The fourth-order valence-electron chi connectivity index (χ4n) is 4.00. The highest BCUT2D eigenvalue weighted by molar-refractivity contribution is 6.30. The lowest BCUT2D eigenvalue weighted by atomic mass is 9.93. The zero-order chi connectivity index (χ0) is 23.3. The molecule has 1 aliphatic rings. The number of carbonyl (C=O) groups is 2. The second-order valence-electron chi connectivity index (χ2n) is 7.95. The van der Waals surface area contributed by atoms with E-state index in [0.717, 1.165) is 17.0 Å². The first-order chi connectivity index (χ1) is 15.3. The van der Waals surface area contributed by atoms with Gasteiger partial charge in [0.15, 0.2) is 0 Å². The van der Waals surface area contributed by atoms with Crippen LogP contribution < -0.4 is 0 Å². The van der Waals surface area contributed by atoms with Gasteiger partial charge in [-0.3, -0.25) is 4.79 Å². The SMILES string of the molecule is CC1=NC(C)=C(C(=O)O)C(c2cccc(Cl)c2)N1CCCN(C)C(=O)Cc1ccccc1. The molecule has 1 aliphatic heterocycles. The van der Waals surface area contributed by atoms with Crippen molar-refractivity contribution in [3.63, 3.8) is 0 Å². The van der Waals surface area contributed by atoms with E-state index in [1.807, 2.05) is 54.3 Å². The lowest BCUT2D eigenvalue weighted by Crippen LogP contribution is -2.41. The second kappa shape index (κ2) is 10.5. The first-order valence-corrected chi connectivity index (χ1v) is 10.9. The summed E-state index contributed by atoms with van der Waals surface area (Å²) >= 11 is 6.20. The van der Waals surface area contributed by atoms with Crippen molar-refractivity contribution in [3.05, 3.63) is 82.0 Å². The molecule has 2 aromatic carbocycles. The van der Waals surface area contributed by atoms with E-state index in [4.69, 9.17) is 11.6 Å². The topological polar surface area (TPSA) is 73.2 Å². The van der Waals surface area contributed by atoms with Crippen molar-refractivity contribution < 1.29 is 14.7 Å². The van der Waals surface area contributed by atoms with Crippen LogP contribution in [0.25, 0.3) is 0 Å². The summed E-state index contributed by atoms with van der Waals surface area (Å²) in [5, 5.41) is 10.5. The normalized spacial score (nSPS) is 16.1. The van der Waals surface area contributed by atoms with E-state index >= 15 is 0 Å². The largest absolute Gasteiger partial charge is 0.478 e. The highest BCUT2D eigenvalue weighted by atomic mass is 35.5. The smallest absolute Gasteiger partial charge is 0.335 e. The summed E-state index contributed by atoms with van der Waals surface area (Å²) in [6.07, 6.45) is 1.03. The Morgan fingerprint density at radius 2 is 1.84 bits per heavy atom. The van der Waals surface area contributed by atoms with Gasteiger partial charge in [0.2, 0.25) is 5.91 Å². The van der Waals surface area contributed by atoms with Crippen molar-refractivity contribution in [2.45, 2.75) is 32.7 Å². The van der Waals surface area contributed by atoms with Crippen LogP contribution in [0.1, 0.15) is 37.4 Å². The number of carboxylic acid groups (broad SMARTS) is 1. The summed E-state index contributed by atoms with van der Waals surface area (Å²) in [5.41, 5.74) is 2.52. The molecule has 6 nitrogen and oxygen atoms in total. The standard InChI is InChI=1S/C25H28ClN3O3/c1-17-23(25(31)32)24(20-11-7-12-21(26)16-20)29(18(2)27-17)14-8-13-28(3)22(30)15-19-9-5-4-6-10-19/h4-7,9-12,16,24H,8,13-15H2,1-3H3,(H,31,32). The van der Waals surface area contributed by atoms with Gasteiger partial charge < -0.3 is 14.9 Å². The molecule has 2 aromatic rings. The van der Waals surface area contributed by atoms with E-state index in [1.165, 1.54) is 0 Å². The minimum absolute atomic E-state index is 0.0496. The summed E-state index contributed by atoms with van der Waals surface area (Å²) in [4.78, 5) is 32.8. The molecule has 3 rings (SSSR count). The molecular weight excluding hydrogens is 426 g/mol. The monoisotopic (exact) mass is 453 g/mol. The minimum atomic E-state index is -0.996. The number of allylic oxidation sites excluding steroid dienone is 1. The number of carboxylic acids is 1. The summed E-state index contributed by atoms with van der Waals surface area (Å²) in [5.74, 6) is -0.201. The Morgan fingerprint density at radius 1 is 1.12 bits per heavy atom. The van der Waals surface area contributed by atoms with Gasteiger partial charge in [-0.15, -0.1) is 0 Å². The second-order valence-corrected chi connectivity index (χ2v) is 8.38. The van der Waals surface area contributed by atoms with E-state index in [1.54, 1.807) is 31.0 Å². The number of nitrogens with zero attached hydrogens (tertiary/aromatic N) is 3. The van der Waals surface area contributed by atoms with Crippen LogP contribution in [0.4, 0.5) is 0 Å². The van der Waals surface area contributed by atoms with Crippen LogP contribution in [-0.2, 0) is 16.0 Å². The van der Waals surface area contributed by atoms with Crippen molar-refractivity contribution in [3.8, 4) is 0 Å². The van der Waals surface area contributed by atoms with Gasteiger partial charge in [0.25, 0.3) is 0 Å². The van der Waals surface area contributed by atoms with Gasteiger partial charge in [-0.05, 0) is 43.5 Å². The van der Waals surface area contributed by atoms with E-state index in [2.05, 4.69) is 4.99 Å². The third-order valence-corrected chi connectivity index (χ3v) is 5.87. The summed E-state index contributed by atoms with van der Waals surface area (Å²) in [6.45, 7) is 4.71. The van der Waals surface area contributed by atoms with Gasteiger partial charge in [0.1, 0.15) is 5.84 Å². The average molecular weight is 454 g/mol. The van der Waals surface area contributed by atoms with Crippen LogP contribution >= 0.6 is 11.6 Å². The number of likely N-dealkylation sites (N-methyl/N-ethyl adjacent to an activating group) is 1. The van der Waals surface area contributed by atoms with Crippen LogP contribution in [0.5, 0.6) is 0 Å². The van der Waals surface area contributed by atoms with Gasteiger partial charge in [-0.25, -0.2) is 9.79 Å². The molecule has 1 N–H and O–H groups in total. The number of hydrogen-bond acceptors (Lipinski definition) is 4. The summed E-state index contributed by atoms with van der Waals surface area (Å²) in [7, 11) is 1.80. The fraction of sp³-hybridized carbons (Fsp3) is 0.320. The van der Waals surface area contributed by atoms with Gasteiger partial charge in [-0.1, -0.05) is 54.1 Å². The molecule has 0 saturated carbocycles. The minimum Gasteiger partial charge on any atom is -0.478 e. The van der Waals surface area contributed by atoms with Crippen molar-refractivity contribution in [1.29, 1.82) is 0 Å². The molecule has 32 heavy (non-hydrogen) atoms. The Balaban J connectivity index is 1.73. The summed E-state index contributed by atoms with van der Waals surface area (Å²) < 4.78 is 0. The number of carbonyl (C=O) groups excluding carboxylic acids is 1. The zero-order valence-electron chi connectivity index (χ0n) is 18.6. The molecule has 1 heterocycles. The number of benzene rings is 2. The molecule has 0 fully saturated rings.